The Hall–Kier alpha value is -2.44. The molecule has 1 saturated heterocycles. The number of thiophene rings is 1. The molecule has 1 aliphatic carbocycles. The van der Waals surface area contributed by atoms with Crippen LogP contribution in [0, 0.1) is 29.1 Å². The maximum absolute atomic E-state index is 12.0. The van der Waals surface area contributed by atoms with E-state index in [1.807, 2.05) is 6.07 Å². The quantitative estimate of drug-likeness (QED) is 0.360. The number of carbonyl (C=O) groups excluding carboxylic acids is 3. The summed E-state index contributed by atoms with van der Waals surface area (Å²) in [5.41, 5.74) is -1.04. The van der Waals surface area contributed by atoms with Crippen molar-refractivity contribution in [3.05, 3.63) is 21.9 Å². The van der Waals surface area contributed by atoms with Gasteiger partial charge in [0, 0.05) is 5.92 Å². The first-order chi connectivity index (χ1) is 12.0. The van der Waals surface area contributed by atoms with Gasteiger partial charge in [-0.3, -0.25) is 14.4 Å². The smallest absolute Gasteiger partial charge is 0.314 e. The van der Waals surface area contributed by atoms with E-state index >= 15 is 0 Å². The van der Waals surface area contributed by atoms with Crippen molar-refractivity contribution in [1.29, 1.82) is 5.26 Å². The summed E-state index contributed by atoms with van der Waals surface area (Å²) in [6, 6.07) is 5.20. The molecule has 1 saturated carbocycles. The summed E-state index contributed by atoms with van der Waals surface area (Å²) >= 11 is 1.21. The van der Waals surface area contributed by atoms with Crippen molar-refractivity contribution in [2.24, 2.45) is 5.92 Å². The number of Topliss-reactive ketones (excluding diaryl/α,β-unsaturated/α-hetero) is 2. The predicted octanol–water partition coefficient (Wildman–Crippen LogP) is 3.03. The van der Waals surface area contributed by atoms with E-state index in [-0.39, 0.29) is 36.7 Å². The highest BCUT2D eigenvalue weighted by molar-refractivity contribution is 7.14. The molecule has 2 fully saturated rings. The van der Waals surface area contributed by atoms with Crippen molar-refractivity contribution >= 4 is 28.9 Å². The van der Waals surface area contributed by atoms with Crippen LogP contribution < -0.4 is 0 Å². The Morgan fingerprint density at radius 1 is 1.32 bits per heavy atom. The number of nitrogens with zero attached hydrogens (tertiary/aromatic N) is 1. The van der Waals surface area contributed by atoms with Crippen molar-refractivity contribution in [1.82, 2.24) is 0 Å². The minimum Gasteiger partial charge on any atom is -0.445 e. The van der Waals surface area contributed by atoms with E-state index in [2.05, 4.69) is 11.8 Å². The van der Waals surface area contributed by atoms with Gasteiger partial charge >= 0.3 is 5.97 Å². The summed E-state index contributed by atoms with van der Waals surface area (Å²) in [6.07, 6.45) is 3.68. The van der Waals surface area contributed by atoms with Crippen LogP contribution in [0.15, 0.2) is 12.1 Å². The average Bonchev–Trinajstić information content (AvgIpc) is 3.24. The molecule has 1 aromatic heterocycles. The third kappa shape index (κ3) is 3.81. The molecule has 2 aliphatic rings. The van der Waals surface area contributed by atoms with Crippen LogP contribution in [0.1, 0.15) is 59.5 Å². The Labute approximate surface area is 150 Å². The van der Waals surface area contributed by atoms with Gasteiger partial charge in [0.2, 0.25) is 0 Å². The molecule has 0 aromatic carbocycles. The van der Waals surface area contributed by atoms with Crippen LogP contribution in [0.2, 0.25) is 0 Å². The summed E-state index contributed by atoms with van der Waals surface area (Å²) in [4.78, 5) is 36.7. The molecule has 5 nitrogen and oxygen atoms in total. The normalized spacial score (nSPS) is 23.5. The molecule has 25 heavy (non-hydrogen) atoms. The lowest BCUT2D eigenvalue weighted by Gasteiger charge is -2.36. The SMILES string of the molecule is N#CCC(=O)c1ccc(C#CC2(C3CCCC3)CC(=O)CC(=O)O2)s1. The zero-order chi connectivity index (χ0) is 17.9. The first kappa shape index (κ1) is 17.4. The summed E-state index contributed by atoms with van der Waals surface area (Å²) in [5, 5.41) is 8.61. The molecule has 6 heteroatoms. The number of nitriles is 1. The second kappa shape index (κ2) is 7.21. The minimum absolute atomic E-state index is 0.0767. The topological polar surface area (TPSA) is 84.2 Å². The minimum atomic E-state index is -1.04. The summed E-state index contributed by atoms with van der Waals surface area (Å²) in [5.74, 6) is 5.26. The maximum Gasteiger partial charge on any atom is 0.314 e. The molecule has 0 amide bonds. The number of ether oxygens (including phenoxy) is 1. The molecular weight excluding hydrogens is 338 g/mol. The zero-order valence-corrected chi connectivity index (χ0v) is 14.5. The van der Waals surface area contributed by atoms with Crippen molar-refractivity contribution in [3.63, 3.8) is 0 Å². The number of carbonyl (C=O) groups is 3. The van der Waals surface area contributed by atoms with Gasteiger partial charge in [0.05, 0.1) is 28.7 Å². The molecule has 1 aromatic rings. The fourth-order valence-corrected chi connectivity index (χ4v) is 4.26. The van der Waals surface area contributed by atoms with E-state index in [4.69, 9.17) is 10.00 Å². The first-order valence-corrected chi connectivity index (χ1v) is 9.11. The van der Waals surface area contributed by atoms with Gasteiger partial charge in [-0.2, -0.15) is 5.26 Å². The van der Waals surface area contributed by atoms with Gasteiger partial charge in [0.1, 0.15) is 12.2 Å². The van der Waals surface area contributed by atoms with E-state index in [1.54, 1.807) is 12.1 Å². The highest BCUT2D eigenvalue weighted by Crippen LogP contribution is 2.41. The van der Waals surface area contributed by atoms with E-state index in [1.165, 1.54) is 11.3 Å². The number of rotatable bonds is 3. The predicted molar refractivity (Wildman–Crippen MR) is 90.8 cm³/mol. The van der Waals surface area contributed by atoms with Crippen LogP contribution in [-0.2, 0) is 14.3 Å². The molecule has 0 bridgehead atoms. The van der Waals surface area contributed by atoms with E-state index in [0.717, 1.165) is 25.7 Å². The average molecular weight is 355 g/mol. The zero-order valence-electron chi connectivity index (χ0n) is 13.7. The molecule has 0 radical (unpaired) electrons. The van der Waals surface area contributed by atoms with Gasteiger partial charge in [-0.1, -0.05) is 18.8 Å². The van der Waals surface area contributed by atoms with Gasteiger partial charge in [0.15, 0.2) is 11.4 Å². The Balaban J connectivity index is 1.88. The lowest BCUT2D eigenvalue weighted by Crippen LogP contribution is -2.46. The number of hydrogen-bond donors (Lipinski definition) is 0. The second-order valence-corrected chi connectivity index (χ2v) is 7.49. The molecule has 2 heterocycles. The fraction of sp³-hybridized carbons (Fsp3) is 0.474. The lowest BCUT2D eigenvalue weighted by molar-refractivity contribution is -0.168. The summed E-state index contributed by atoms with van der Waals surface area (Å²) in [7, 11) is 0. The Morgan fingerprint density at radius 3 is 2.76 bits per heavy atom. The summed E-state index contributed by atoms with van der Waals surface area (Å²) < 4.78 is 5.60. The first-order valence-electron chi connectivity index (χ1n) is 8.29. The van der Waals surface area contributed by atoms with Gasteiger partial charge < -0.3 is 4.74 Å². The highest BCUT2D eigenvalue weighted by Gasteiger charge is 2.47. The molecule has 1 atom stereocenters. The van der Waals surface area contributed by atoms with Gasteiger partial charge in [0.25, 0.3) is 0 Å². The molecule has 0 spiro atoms. The van der Waals surface area contributed by atoms with Crippen LogP contribution in [0.3, 0.4) is 0 Å². The van der Waals surface area contributed by atoms with Crippen molar-refractivity contribution in [2.75, 3.05) is 0 Å². The Kier molecular flexibility index (Phi) is 5.01. The van der Waals surface area contributed by atoms with Crippen LogP contribution >= 0.6 is 11.3 Å². The van der Waals surface area contributed by atoms with Crippen LogP contribution in [0.4, 0.5) is 0 Å². The highest BCUT2D eigenvalue weighted by atomic mass is 32.1. The number of cyclic esters (lactones) is 1. The largest absolute Gasteiger partial charge is 0.445 e. The van der Waals surface area contributed by atoms with Crippen LogP contribution in [0.25, 0.3) is 0 Å². The van der Waals surface area contributed by atoms with E-state index in [0.29, 0.717) is 9.75 Å². The molecule has 1 unspecified atom stereocenters. The van der Waals surface area contributed by atoms with Crippen LogP contribution in [0.5, 0.6) is 0 Å². The van der Waals surface area contributed by atoms with Crippen molar-refractivity contribution in [3.8, 4) is 17.9 Å². The molecular formula is C19H17NO4S. The lowest BCUT2D eigenvalue weighted by atomic mass is 9.80. The molecule has 1 aliphatic heterocycles. The van der Waals surface area contributed by atoms with E-state index < -0.39 is 11.6 Å². The fourth-order valence-electron chi connectivity index (χ4n) is 3.46. The monoisotopic (exact) mass is 355 g/mol. The third-order valence-corrected chi connectivity index (χ3v) is 5.67. The number of hydrogen-bond acceptors (Lipinski definition) is 6. The second-order valence-electron chi connectivity index (χ2n) is 6.41. The number of esters is 1. The third-order valence-electron chi connectivity index (χ3n) is 4.63. The Morgan fingerprint density at radius 2 is 2.08 bits per heavy atom. The number of ketones is 2. The molecule has 0 N–H and O–H groups in total. The van der Waals surface area contributed by atoms with Crippen LogP contribution in [-0.4, -0.2) is 23.1 Å². The summed E-state index contributed by atoms with van der Waals surface area (Å²) in [6.45, 7) is 0. The Bertz CT molecular complexity index is 798. The van der Waals surface area contributed by atoms with E-state index in [9.17, 15) is 14.4 Å². The van der Waals surface area contributed by atoms with Crippen molar-refractivity contribution in [2.45, 2.75) is 50.5 Å². The standard InChI is InChI=1S/C19H17NO4S/c20-10-8-16(22)17-6-5-15(25-17)7-9-19(13-3-1-2-4-13)12-14(21)11-18(23)24-19/h5-6,13H,1-4,8,11-12H2. The molecule has 128 valence electrons. The van der Waals surface area contributed by atoms with Gasteiger partial charge in [-0.25, -0.2) is 0 Å². The molecule has 3 rings (SSSR count). The van der Waals surface area contributed by atoms with Gasteiger partial charge in [-0.05, 0) is 30.9 Å². The maximum atomic E-state index is 12.0. The van der Waals surface area contributed by atoms with Gasteiger partial charge in [-0.15, -0.1) is 11.3 Å². The van der Waals surface area contributed by atoms with Crippen molar-refractivity contribution < 1.29 is 19.1 Å².